The van der Waals surface area contributed by atoms with E-state index in [0.717, 1.165) is 125 Å². The Kier molecular flexibility index (Phi) is 17.4. The van der Waals surface area contributed by atoms with Gasteiger partial charge in [0.05, 0.1) is 12.2 Å². The van der Waals surface area contributed by atoms with Crippen molar-refractivity contribution in [2.45, 2.75) is 167 Å². The van der Waals surface area contributed by atoms with E-state index >= 15 is 0 Å². The number of phenolic OH excluding ortho intramolecular Hbond substituents is 2. The Morgan fingerprint density at radius 1 is 0.429 bits per heavy atom. The highest BCUT2D eigenvalue weighted by Gasteiger charge is 2.56. The smallest absolute Gasteiger partial charge is 0.244 e. The monoisotopic (exact) mass is 1390 g/mol. The predicted molar refractivity (Wildman–Crippen MR) is 302 cm³/mol. The quantitative estimate of drug-likeness (QED) is 0.119. The van der Waals surface area contributed by atoms with E-state index in [0.29, 0.717) is 73.2 Å². The molecule has 84 heavy (non-hydrogen) atoms. The largest absolute Gasteiger partial charge is 1.00 e. The lowest BCUT2D eigenvalue weighted by Crippen LogP contribution is -3.00. The van der Waals surface area contributed by atoms with E-state index in [2.05, 4.69) is 186 Å². The Morgan fingerprint density at radius 2 is 0.774 bits per heavy atom. The number of hydrogen-bond acceptors (Lipinski definition) is 4. The molecule has 5 heterocycles. The van der Waals surface area contributed by atoms with E-state index in [1.807, 2.05) is 0 Å². The first-order valence-corrected chi connectivity index (χ1v) is 30.3. The summed E-state index contributed by atoms with van der Waals surface area (Å²) in [5, 5.41) is 47.5. The third kappa shape index (κ3) is 10.8. The first kappa shape index (κ1) is 60.8. The molecule has 0 unspecified atom stereocenters. The van der Waals surface area contributed by atoms with Gasteiger partial charge in [0.15, 0.2) is 0 Å². The fraction of sp³-hybridized carbons (Fsp3) is 0.471. The fourth-order valence-electron chi connectivity index (χ4n) is 18.0. The zero-order valence-corrected chi connectivity index (χ0v) is 54.7. The first-order chi connectivity index (χ1) is 38.9. The molecule has 4 saturated carbocycles. The normalized spacial score (nSPS) is 27.6. The van der Waals surface area contributed by atoms with Crippen molar-refractivity contribution >= 4 is 0 Å². The number of aliphatic hydroxyl groups excluding tert-OH is 2. The number of benzene rings is 4. The molecule has 0 amide bonds. The number of hydrogen-bond donors (Lipinski definition) is 4. The number of imidazole rings is 4. The molecule has 8 aromatic rings. The SMILES string of the molecule is C[C@]12CC[C@@H]3c4cc5c(O)c(c4CC[C@H]3[C@@H]1CC[C@@H]2O)Cn1cc[n+](c1)Cc1cccc(c1)C[n+]1ccn(c1)Cc1c(O)c(cc2c1CC[C@@H]1[C@@H]2CC[C@]2(C)[C@@H](O)CC[C@@H]12)Cn1cc[n+](c1)Cc1cccc(c1)C[n+]1ccn(c1)C5.[Br-].[Br-].[Br-].[Br-]. The molecule has 6 aliphatic carbocycles. The van der Waals surface area contributed by atoms with Crippen molar-refractivity contribution in [1.82, 2.24) is 18.3 Å². The highest BCUT2D eigenvalue weighted by atomic mass is 79.9. The molecule has 1 aliphatic heterocycles. The summed E-state index contributed by atoms with van der Waals surface area (Å²) in [7, 11) is 0. The van der Waals surface area contributed by atoms with E-state index < -0.39 is 0 Å². The number of nitrogens with zero attached hydrogens (tertiary/aromatic N) is 8. The van der Waals surface area contributed by atoms with Gasteiger partial charge in [-0.2, -0.15) is 0 Å². The van der Waals surface area contributed by atoms with E-state index in [4.69, 9.17) is 0 Å². The number of fused-ring (bicyclic) bond motifs is 28. The zero-order valence-electron chi connectivity index (χ0n) is 48.3. The van der Waals surface area contributed by atoms with Gasteiger partial charge in [-0.1, -0.05) is 50.2 Å². The van der Waals surface area contributed by atoms with Gasteiger partial charge in [0, 0.05) is 22.3 Å². The molecular weight excluding hydrogens is 1310 g/mol. The van der Waals surface area contributed by atoms with Crippen LogP contribution in [0.4, 0.5) is 0 Å². The molecule has 4 aromatic heterocycles. The second-order valence-corrected chi connectivity index (χ2v) is 26.6. The van der Waals surface area contributed by atoms with Gasteiger partial charge in [-0.25, -0.2) is 36.5 Å². The van der Waals surface area contributed by atoms with Crippen molar-refractivity contribution in [3.8, 4) is 11.5 Å². The Morgan fingerprint density at radius 3 is 1.13 bits per heavy atom. The van der Waals surface area contributed by atoms with Crippen LogP contribution in [0.1, 0.15) is 157 Å². The molecular formula is C68H80Br4N8O4. The van der Waals surface area contributed by atoms with Gasteiger partial charge < -0.3 is 88.4 Å². The van der Waals surface area contributed by atoms with Crippen molar-refractivity contribution in [2.24, 2.45) is 34.5 Å². The van der Waals surface area contributed by atoms with Crippen LogP contribution in [0.5, 0.6) is 11.5 Å². The second kappa shape index (κ2) is 24.0. The molecule has 4 N–H and O–H groups in total. The fourth-order valence-corrected chi connectivity index (χ4v) is 18.0. The zero-order chi connectivity index (χ0) is 54.0. The van der Waals surface area contributed by atoms with Crippen LogP contribution < -0.4 is 86.2 Å². The summed E-state index contributed by atoms with van der Waals surface area (Å²) in [6.45, 7) is 9.99. The van der Waals surface area contributed by atoms with E-state index in [-0.39, 0.29) is 91.0 Å². The van der Waals surface area contributed by atoms with Gasteiger partial charge >= 0.3 is 0 Å². The van der Waals surface area contributed by atoms with E-state index in [9.17, 15) is 20.4 Å². The minimum atomic E-state index is -0.205. The number of rotatable bonds is 0. The average molecular weight is 1390 g/mol. The third-order valence-electron chi connectivity index (χ3n) is 22.1. The Bertz CT molecular complexity index is 3470. The maximum Gasteiger partial charge on any atom is 0.244 e. The number of halogens is 4. The summed E-state index contributed by atoms with van der Waals surface area (Å²) in [6.07, 6.45) is 38.1. The molecule has 16 heteroatoms. The lowest BCUT2D eigenvalue weighted by atomic mass is 9.55. The molecule has 0 saturated heterocycles. The molecule has 15 rings (SSSR count). The standard InChI is InChI=1S/C68H78N8O4.4BrH/c1-67-19-17-53-55(61(67)13-15-63(67)77)11-9-51-57(53)31-49-37-73-25-21-69(41-73)33-45-5-3-6-46(29-45)34-70-22-26-74(42-70)38-50-32-58-52(10-12-56-54(58)18-20-68(2)62(56)14-16-64(68)78)60(66(50)80)40-76-28-24-72(44-76)36-48-8-4-7-47(30-48)35-71-23-27-75(43-71)39-59(51)65(49)79;;;;/h3-8,21-32,41-44,53-56,61-64,77-78H,9-20,33-40H2,1-2H3;4*1H/q+2;;;;/p-2/t53-,54-,55+,56+,61-,62-,63-,64-,67-,68-;;;;/m0..../s1. The predicted octanol–water partition coefficient (Wildman–Crippen LogP) is -3.40. The number of aromatic nitrogens is 8. The van der Waals surface area contributed by atoms with Crippen molar-refractivity contribution < 1.29 is 107 Å². The van der Waals surface area contributed by atoms with Crippen molar-refractivity contribution in [1.29, 1.82) is 0 Å². The molecule has 0 spiro atoms. The summed E-state index contributed by atoms with van der Waals surface area (Å²) < 4.78 is 18.0. The number of aromatic hydroxyl groups is 2. The third-order valence-corrected chi connectivity index (χ3v) is 22.1. The highest BCUT2D eigenvalue weighted by Crippen LogP contribution is 2.63. The van der Waals surface area contributed by atoms with Crippen LogP contribution in [0.25, 0.3) is 0 Å². The topological polar surface area (TPSA) is 116 Å². The summed E-state index contributed by atoms with van der Waals surface area (Å²) in [4.78, 5) is 0. The minimum absolute atomic E-state index is 0. The van der Waals surface area contributed by atoms with Crippen LogP contribution in [0, 0.1) is 34.5 Å². The van der Waals surface area contributed by atoms with Crippen LogP contribution in [0.2, 0.25) is 0 Å². The summed E-state index contributed by atoms with van der Waals surface area (Å²) in [6, 6.07) is 22.6. The highest BCUT2D eigenvalue weighted by molar-refractivity contribution is 5.54. The lowest BCUT2D eigenvalue weighted by molar-refractivity contribution is -0.689. The molecule has 444 valence electrons. The molecule has 7 aliphatic rings. The number of aliphatic hydroxyl groups is 2. The van der Waals surface area contributed by atoms with Crippen molar-refractivity contribution in [2.75, 3.05) is 0 Å². The van der Waals surface area contributed by atoms with Gasteiger partial charge in [-0.05, 0) is 192 Å². The van der Waals surface area contributed by atoms with Gasteiger partial charge in [-0.3, -0.25) is 0 Å². The van der Waals surface area contributed by atoms with Gasteiger partial charge in [0.25, 0.3) is 0 Å². The summed E-state index contributed by atoms with van der Waals surface area (Å²) >= 11 is 0. The van der Waals surface area contributed by atoms with Crippen molar-refractivity contribution in [3.05, 3.63) is 202 Å². The van der Waals surface area contributed by atoms with Crippen molar-refractivity contribution in [3.63, 3.8) is 0 Å². The molecule has 4 aromatic carbocycles. The molecule has 16 bridgehead atoms. The maximum atomic E-state index is 12.5. The first-order valence-electron chi connectivity index (χ1n) is 30.3. The Balaban J connectivity index is 0.00000184. The Hall–Kier alpha value is -4.84. The van der Waals surface area contributed by atoms with Gasteiger partial charge in [0.1, 0.15) is 113 Å². The average Bonchev–Trinajstić information content (AvgIpc) is 2.66. The molecule has 10 atom stereocenters. The van der Waals surface area contributed by atoms with Crippen LogP contribution >= 0.6 is 0 Å². The van der Waals surface area contributed by atoms with Gasteiger partial charge in [0.2, 0.25) is 25.3 Å². The summed E-state index contributed by atoms with van der Waals surface area (Å²) in [5.41, 5.74) is 14.5. The van der Waals surface area contributed by atoms with Crippen LogP contribution in [-0.4, -0.2) is 50.9 Å². The van der Waals surface area contributed by atoms with Crippen LogP contribution in [0.15, 0.2) is 136 Å². The van der Waals surface area contributed by atoms with E-state index in [1.165, 1.54) is 44.5 Å². The van der Waals surface area contributed by atoms with E-state index in [1.54, 1.807) is 0 Å². The second-order valence-electron chi connectivity index (χ2n) is 26.6. The summed E-state index contributed by atoms with van der Waals surface area (Å²) in [5.74, 6) is 3.89. The molecule has 12 nitrogen and oxygen atoms in total. The Labute approximate surface area is 536 Å². The van der Waals surface area contributed by atoms with Crippen LogP contribution in [-0.2, 0) is 65.2 Å². The lowest BCUT2D eigenvalue weighted by Gasteiger charge is -2.50. The minimum Gasteiger partial charge on any atom is -1.00 e. The molecule has 0 radical (unpaired) electrons. The molecule has 4 fully saturated rings. The number of phenols is 2. The van der Waals surface area contributed by atoms with Crippen LogP contribution in [0.3, 0.4) is 0 Å². The van der Waals surface area contributed by atoms with Gasteiger partial charge in [-0.15, -0.1) is 0 Å². The maximum absolute atomic E-state index is 12.5.